The van der Waals surface area contributed by atoms with Gasteiger partial charge in [-0.1, -0.05) is 30.3 Å². The fourth-order valence-electron chi connectivity index (χ4n) is 1.88. The van der Waals surface area contributed by atoms with Crippen LogP contribution in [0.2, 0.25) is 0 Å². The molecule has 0 amide bonds. The second-order valence-corrected chi connectivity index (χ2v) is 4.16. The van der Waals surface area contributed by atoms with Gasteiger partial charge in [-0.3, -0.25) is 0 Å². The summed E-state index contributed by atoms with van der Waals surface area (Å²) < 4.78 is 12.2. The molecular weight excluding hydrogens is 256 g/mol. The van der Waals surface area contributed by atoms with E-state index in [1.807, 2.05) is 37.3 Å². The molecule has 0 aliphatic heterocycles. The number of hydrogen-bond donors (Lipinski definition) is 0. The number of rotatable bonds is 6. The number of nitrogens with zero attached hydrogens (tertiary/aromatic N) is 2. The predicted molar refractivity (Wildman–Crippen MR) is 74.9 cm³/mol. The van der Waals surface area contributed by atoms with E-state index in [0.29, 0.717) is 31.2 Å². The van der Waals surface area contributed by atoms with Crippen LogP contribution in [0.3, 0.4) is 0 Å². The van der Waals surface area contributed by atoms with Crippen LogP contribution in [0.25, 0.3) is 0 Å². The van der Waals surface area contributed by atoms with Crippen molar-refractivity contribution in [3.63, 3.8) is 0 Å². The molecule has 0 unspecified atom stereocenters. The molecule has 5 nitrogen and oxygen atoms in total. The van der Waals surface area contributed by atoms with Crippen LogP contribution < -0.4 is 4.74 Å². The van der Waals surface area contributed by atoms with E-state index in [1.54, 1.807) is 11.6 Å². The average molecular weight is 274 g/mol. The zero-order valence-corrected chi connectivity index (χ0v) is 11.7. The van der Waals surface area contributed by atoms with Gasteiger partial charge in [-0.2, -0.15) is 5.10 Å². The van der Waals surface area contributed by atoms with Crippen LogP contribution in [0.15, 0.2) is 36.5 Å². The molecule has 0 spiro atoms. The number of esters is 1. The van der Waals surface area contributed by atoms with Crippen molar-refractivity contribution in [2.45, 2.75) is 20.4 Å². The Morgan fingerprint density at radius 3 is 2.60 bits per heavy atom. The van der Waals surface area contributed by atoms with Crippen LogP contribution in [0.5, 0.6) is 5.88 Å². The molecular formula is C15H18N2O3. The van der Waals surface area contributed by atoms with Gasteiger partial charge in [0, 0.05) is 0 Å². The third-order valence-corrected chi connectivity index (χ3v) is 2.74. The standard InChI is InChI=1S/C15H18N2O3/c1-3-19-14-13(15(18)20-4-2)10-16-17(14)11-12-8-6-5-7-9-12/h5-10H,3-4,11H2,1-2H3. The summed E-state index contributed by atoms with van der Waals surface area (Å²) in [7, 11) is 0. The van der Waals surface area contributed by atoms with Crippen molar-refractivity contribution in [3.8, 4) is 5.88 Å². The molecule has 0 radical (unpaired) electrons. The normalized spacial score (nSPS) is 10.3. The number of aromatic nitrogens is 2. The molecule has 1 heterocycles. The van der Waals surface area contributed by atoms with Gasteiger partial charge in [-0.15, -0.1) is 0 Å². The van der Waals surface area contributed by atoms with Gasteiger partial charge in [0.2, 0.25) is 5.88 Å². The maximum atomic E-state index is 11.9. The summed E-state index contributed by atoms with van der Waals surface area (Å²) in [6, 6.07) is 9.89. The van der Waals surface area contributed by atoms with Crippen LogP contribution in [0.4, 0.5) is 0 Å². The van der Waals surface area contributed by atoms with E-state index in [2.05, 4.69) is 5.10 Å². The summed E-state index contributed by atoms with van der Waals surface area (Å²) in [5.74, 6) is 0.0464. The Balaban J connectivity index is 2.27. The molecule has 5 heteroatoms. The number of hydrogen-bond acceptors (Lipinski definition) is 4. The highest BCUT2D eigenvalue weighted by atomic mass is 16.5. The molecule has 0 N–H and O–H groups in total. The lowest BCUT2D eigenvalue weighted by molar-refractivity contribution is 0.0521. The molecule has 1 aromatic heterocycles. The minimum atomic E-state index is -0.407. The Morgan fingerprint density at radius 1 is 1.20 bits per heavy atom. The minimum absolute atomic E-state index is 0.328. The smallest absolute Gasteiger partial charge is 0.345 e. The zero-order chi connectivity index (χ0) is 14.4. The van der Waals surface area contributed by atoms with E-state index in [1.165, 1.54) is 6.20 Å². The van der Waals surface area contributed by atoms with Crippen molar-refractivity contribution < 1.29 is 14.3 Å². The fourth-order valence-corrected chi connectivity index (χ4v) is 1.88. The van der Waals surface area contributed by atoms with Crippen molar-refractivity contribution in [3.05, 3.63) is 47.7 Å². The summed E-state index contributed by atoms with van der Waals surface area (Å²) >= 11 is 0. The van der Waals surface area contributed by atoms with Crippen LogP contribution in [0.1, 0.15) is 29.8 Å². The topological polar surface area (TPSA) is 53.3 Å². The summed E-state index contributed by atoms with van der Waals surface area (Å²) in [5, 5.41) is 4.22. The SMILES string of the molecule is CCOC(=O)c1cnn(Cc2ccccc2)c1OCC. The van der Waals surface area contributed by atoms with E-state index in [9.17, 15) is 4.79 Å². The molecule has 0 saturated heterocycles. The molecule has 0 atom stereocenters. The summed E-state index contributed by atoms with van der Waals surface area (Å²) in [4.78, 5) is 11.9. The van der Waals surface area contributed by atoms with Gasteiger partial charge in [0.25, 0.3) is 0 Å². The van der Waals surface area contributed by atoms with Gasteiger partial charge in [-0.25, -0.2) is 9.48 Å². The number of carbonyl (C=O) groups excluding carboxylic acids is 1. The van der Waals surface area contributed by atoms with Gasteiger partial charge in [0.1, 0.15) is 5.56 Å². The first kappa shape index (κ1) is 14.1. The third kappa shape index (κ3) is 3.17. The molecule has 20 heavy (non-hydrogen) atoms. The lowest BCUT2D eigenvalue weighted by Gasteiger charge is -2.09. The van der Waals surface area contributed by atoms with Crippen molar-refractivity contribution in [2.75, 3.05) is 13.2 Å². The molecule has 0 fully saturated rings. The number of carbonyl (C=O) groups is 1. The average Bonchev–Trinajstić information content (AvgIpc) is 2.84. The molecule has 1 aromatic carbocycles. The highest BCUT2D eigenvalue weighted by molar-refractivity contribution is 5.91. The lowest BCUT2D eigenvalue weighted by Crippen LogP contribution is -2.10. The summed E-state index contributed by atoms with van der Waals surface area (Å²) in [6.07, 6.45) is 1.49. The summed E-state index contributed by atoms with van der Waals surface area (Å²) in [5.41, 5.74) is 1.46. The van der Waals surface area contributed by atoms with Crippen LogP contribution >= 0.6 is 0 Å². The van der Waals surface area contributed by atoms with Crippen LogP contribution in [-0.2, 0) is 11.3 Å². The highest BCUT2D eigenvalue weighted by Gasteiger charge is 2.19. The minimum Gasteiger partial charge on any atom is -0.478 e. The zero-order valence-electron chi connectivity index (χ0n) is 11.7. The monoisotopic (exact) mass is 274 g/mol. The lowest BCUT2D eigenvalue weighted by atomic mass is 10.2. The highest BCUT2D eigenvalue weighted by Crippen LogP contribution is 2.20. The molecule has 0 saturated carbocycles. The Morgan fingerprint density at radius 2 is 1.95 bits per heavy atom. The van der Waals surface area contributed by atoms with Crippen LogP contribution in [0, 0.1) is 0 Å². The number of ether oxygens (including phenoxy) is 2. The molecule has 106 valence electrons. The van der Waals surface area contributed by atoms with Crippen molar-refractivity contribution in [2.24, 2.45) is 0 Å². The first-order chi connectivity index (χ1) is 9.76. The molecule has 0 aliphatic rings. The van der Waals surface area contributed by atoms with Gasteiger partial charge < -0.3 is 9.47 Å². The van der Waals surface area contributed by atoms with Gasteiger partial charge in [0.05, 0.1) is 26.0 Å². The first-order valence-corrected chi connectivity index (χ1v) is 6.65. The van der Waals surface area contributed by atoms with Crippen molar-refractivity contribution >= 4 is 5.97 Å². The fraction of sp³-hybridized carbons (Fsp3) is 0.333. The van der Waals surface area contributed by atoms with Crippen molar-refractivity contribution in [1.82, 2.24) is 9.78 Å². The molecule has 0 aliphatic carbocycles. The van der Waals surface area contributed by atoms with Gasteiger partial charge >= 0.3 is 5.97 Å². The maximum absolute atomic E-state index is 11.9. The van der Waals surface area contributed by atoms with Gasteiger partial charge in [0.15, 0.2) is 0 Å². The second kappa shape index (κ2) is 6.75. The maximum Gasteiger partial charge on any atom is 0.345 e. The van der Waals surface area contributed by atoms with E-state index < -0.39 is 5.97 Å². The Labute approximate surface area is 118 Å². The van der Waals surface area contributed by atoms with E-state index in [0.717, 1.165) is 5.56 Å². The van der Waals surface area contributed by atoms with Crippen LogP contribution in [-0.4, -0.2) is 29.0 Å². The van der Waals surface area contributed by atoms with Gasteiger partial charge in [-0.05, 0) is 19.4 Å². The number of benzene rings is 1. The quantitative estimate of drug-likeness (QED) is 0.759. The Bertz CT molecular complexity index is 564. The first-order valence-electron chi connectivity index (χ1n) is 6.65. The largest absolute Gasteiger partial charge is 0.478 e. The predicted octanol–water partition coefficient (Wildman–Crippen LogP) is 2.51. The van der Waals surface area contributed by atoms with E-state index in [-0.39, 0.29) is 0 Å². The Hall–Kier alpha value is -2.30. The summed E-state index contributed by atoms with van der Waals surface area (Å²) in [6.45, 7) is 4.98. The Kier molecular flexibility index (Phi) is 4.76. The molecule has 0 bridgehead atoms. The molecule has 2 rings (SSSR count). The van der Waals surface area contributed by atoms with E-state index in [4.69, 9.17) is 9.47 Å². The second-order valence-electron chi connectivity index (χ2n) is 4.16. The van der Waals surface area contributed by atoms with E-state index >= 15 is 0 Å². The van der Waals surface area contributed by atoms with Crippen molar-refractivity contribution in [1.29, 1.82) is 0 Å². The molecule has 2 aromatic rings. The third-order valence-electron chi connectivity index (χ3n) is 2.74.